The van der Waals surface area contributed by atoms with Gasteiger partial charge in [0.15, 0.2) is 0 Å². The van der Waals surface area contributed by atoms with E-state index in [2.05, 4.69) is 15.9 Å². The van der Waals surface area contributed by atoms with E-state index >= 15 is 0 Å². The van der Waals surface area contributed by atoms with Crippen LogP contribution in [-0.4, -0.2) is 0 Å². The van der Waals surface area contributed by atoms with Gasteiger partial charge in [0.1, 0.15) is 0 Å². The van der Waals surface area contributed by atoms with Gasteiger partial charge in [0.2, 0.25) is 0 Å². The van der Waals surface area contributed by atoms with Gasteiger partial charge in [0.05, 0.1) is 0 Å². The molecule has 0 saturated heterocycles. The van der Waals surface area contributed by atoms with Crippen LogP contribution in [0.25, 0.3) is 6.08 Å². The molecule has 0 radical (unpaired) electrons. The van der Waals surface area contributed by atoms with Gasteiger partial charge in [-0.25, -0.2) is 0 Å². The van der Waals surface area contributed by atoms with Crippen molar-refractivity contribution in [3.63, 3.8) is 0 Å². The van der Waals surface area contributed by atoms with Crippen LogP contribution in [0.3, 0.4) is 0 Å². The van der Waals surface area contributed by atoms with E-state index in [0.717, 1.165) is 10.6 Å². The maximum absolute atomic E-state index is 5.73. The van der Waals surface area contributed by atoms with Gasteiger partial charge in [0.25, 0.3) is 0 Å². The summed E-state index contributed by atoms with van der Waals surface area (Å²) in [6, 6.07) is 7.69. The van der Waals surface area contributed by atoms with Crippen molar-refractivity contribution < 1.29 is 0 Å². The number of allylic oxidation sites excluding steroid dienone is 2. The molecule has 0 N–H and O–H groups in total. The Hall–Kier alpha value is -0.530. The summed E-state index contributed by atoms with van der Waals surface area (Å²) >= 11 is 8.91. The third kappa shape index (κ3) is 3.24. The molecular formula is C10H8BrCl. The lowest BCUT2D eigenvalue weighted by Gasteiger charge is -1.91. The first kappa shape index (κ1) is 9.56. The van der Waals surface area contributed by atoms with Gasteiger partial charge in [-0.3, -0.25) is 0 Å². The molecule has 0 aromatic heterocycles. The largest absolute Gasteiger partial charge is 0.0843 e. The van der Waals surface area contributed by atoms with Gasteiger partial charge in [-0.2, -0.15) is 0 Å². The second kappa shape index (κ2) is 5.18. The molecule has 62 valence electrons. The van der Waals surface area contributed by atoms with E-state index in [-0.39, 0.29) is 0 Å². The number of halogens is 2. The molecule has 1 rings (SSSR count). The molecule has 0 spiro atoms. The zero-order chi connectivity index (χ0) is 8.81. The molecule has 0 nitrogen and oxygen atoms in total. The van der Waals surface area contributed by atoms with E-state index in [1.807, 2.05) is 42.5 Å². The molecule has 1 aromatic rings. The molecule has 1 aromatic carbocycles. The summed E-state index contributed by atoms with van der Waals surface area (Å²) in [5.74, 6) is 0. The summed E-state index contributed by atoms with van der Waals surface area (Å²) in [6.45, 7) is 0. The van der Waals surface area contributed by atoms with Gasteiger partial charge in [-0.15, -0.1) is 0 Å². The zero-order valence-corrected chi connectivity index (χ0v) is 8.72. The molecule has 0 saturated carbocycles. The monoisotopic (exact) mass is 242 g/mol. The van der Waals surface area contributed by atoms with Crippen molar-refractivity contribution >= 4 is 33.6 Å². The topological polar surface area (TPSA) is 0 Å². The minimum atomic E-state index is 0.767. The summed E-state index contributed by atoms with van der Waals surface area (Å²) in [5.41, 5.74) is 1.14. The van der Waals surface area contributed by atoms with E-state index in [1.54, 1.807) is 4.99 Å². The standard InChI is InChI=1S/C10H8BrCl/c11-8-2-1-3-9-4-6-10(12)7-5-9/h1-8H/b3-1-,8-2+. The Bertz CT molecular complexity index is 285. The minimum absolute atomic E-state index is 0.767. The van der Waals surface area contributed by atoms with Gasteiger partial charge in [-0.1, -0.05) is 57.9 Å². The lowest BCUT2D eigenvalue weighted by atomic mass is 10.2. The van der Waals surface area contributed by atoms with Crippen molar-refractivity contribution in [1.82, 2.24) is 0 Å². The van der Waals surface area contributed by atoms with Crippen LogP contribution in [0.5, 0.6) is 0 Å². The fourth-order valence-electron chi connectivity index (χ4n) is 0.783. The van der Waals surface area contributed by atoms with E-state index < -0.39 is 0 Å². The van der Waals surface area contributed by atoms with Crippen LogP contribution < -0.4 is 0 Å². The van der Waals surface area contributed by atoms with Crippen molar-refractivity contribution in [3.05, 3.63) is 52.0 Å². The van der Waals surface area contributed by atoms with Gasteiger partial charge >= 0.3 is 0 Å². The lowest BCUT2D eigenvalue weighted by Crippen LogP contribution is -1.68. The fourth-order valence-corrected chi connectivity index (χ4v) is 1.08. The highest BCUT2D eigenvalue weighted by Gasteiger charge is 1.85. The molecule has 0 amide bonds. The highest BCUT2D eigenvalue weighted by molar-refractivity contribution is 9.11. The lowest BCUT2D eigenvalue weighted by molar-refractivity contribution is 1.66. The van der Waals surface area contributed by atoms with E-state index in [0.29, 0.717) is 0 Å². The molecular weight excluding hydrogens is 235 g/mol. The van der Waals surface area contributed by atoms with Crippen LogP contribution in [0.15, 0.2) is 41.4 Å². The van der Waals surface area contributed by atoms with Crippen LogP contribution >= 0.6 is 27.5 Å². The smallest absolute Gasteiger partial charge is 0.0406 e. The summed E-state index contributed by atoms with van der Waals surface area (Å²) < 4.78 is 0. The molecule has 0 atom stereocenters. The number of benzene rings is 1. The molecule has 0 unspecified atom stereocenters. The SMILES string of the molecule is Clc1ccc(/C=C\C=C\Br)cc1. The first-order valence-corrected chi connectivity index (χ1v) is 4.81. The van der Waals surface area contributed by atoms with Crippen LogP contribution in [0, 0.1) is 0 Å². The van der Waals surface area contributed by atoms with Crippen molar-refractivity contribution in [3.8, 4) is 0 Å². The highest BCUT2D eigenvalue weighted by atomic mass is 79.9. The number of hydrogen-bond donors (Lipinski definition) is 0. The average Bonchev–Trinajstić information content (AvgIpc) is 2.09. The fraction of sp³-hybridized carbons (Fsp3) is 0. The van der Waals surface area contributed by atoms with Crippen LogP contribution in [0.4, 0.5) is 0 Å². The third-order valence-electron chi connectivity index (χ3n) is 1.34. The van der Waals surface area contributed by atoms with Gasteiger partial charge < -0.3 is 0 Å². The van der Waals surface area contributed by atoms with Crippen molar-refractivity contribution in [2.45, 2.75) is 0 Å². The predicted octanol–water partition coefficient (Wildman–Crippen LogP) is 4.26. The molecule has 0 aliphatic heterocycles. The summed E-state index contributed by atoms with van der Waals surface area (Å²) in [7, 11) is 0. The number of hydrogen-bond acceptors (Lipinski definition) is 0. The van der Waals surface area contributed by atoms with Crippen molar-refractivity contribution in [2.75, 3.05) is 0 Å². The molecule has 0 aliphatic carbocycles. The Morgan fingerprint density at radius 3 is 2.33 bits per heavy atom. The predicted molar refractivity (Wildman–Crippen MR) is 58.6 cm³/mol. The Labute approximate surface area is 85.7 Å². The quantitative estimate of drug-likeness (QED) is 0.681. The van der Waals surface area contributed by atoms with Gasteiger partial charge in [-0.05, 0) is 22.7 Å². The Morgan fingerprint density at radius 1 is 1.08 bits per heavy atom. The van der Waals surface area contributed by atoms with E-state index in [1.165, 1.54) is 0 Å². The number of rotatable bonds is 2. The summed E-state index contributed by atoms with van der Waals surface area (Å²) in [6.07, 6.45) is 5.88. The van der Waals surface area contributed by atoms with Crippen LogP contribution in [0.2, 0.25) is 5.02 Å². The highest BCUT2D eigenvalue weighted by Crippen LogP contribution is 2.10. The minimum Gasteiger partial charge on any atom is -0.0843 e. The Morgan fingerprint density at radius 2 is 1.75 bits per heavy atom. The first-order chi connectivity index (χ1) is 5.83. The maximum Gasteiger partial charge on any atom is 0.0406 e. The molecule has 2 heteroatoms. The molecule has 0 aliphatic rings. The van der Waals surface area contributed by atoms with Gasteiger partial charge in [0, 0.05) is 5.02 Å². The normalized spacial score (nSPS) is 11.5. The first-order valence-electron chi connectivity index (χ1n) is 3.52. The van der Waals surface area contributed by atoms with E-state index in [4.69, 9.17) is 11.6 Å². The van der Waals surface area contributed by atoms with Crippen molar-refractivity contribution in [1.29, 1.82) is 0 Å². The van der Waals surface area contributed by atoms with Crippen molar-refractivity contribution in [2.24, 2.45) is 0 Å². The van der Waals surface area contributed by atoms with Crippen LogP contribution in [0.1, 0.15) is 5.56 Å². The molecule has 0 bridgehead atoms. The second-order valence-corrected chi connectivity index (χ2v) is 3.19. The third-order valence-corrected chi connectivity index (χ3v) is 1.90. The summed E-state index contributed by atoms with van der Waals surface area (Å²) in [4.78, 5) is 1.80. The molecule has 0 heterocycles. The molecule has 12 heavy (non-hydrogen) atoms. The van der Waals surface area contributed by atoms with Crippen LogP contribution in [-0.2, 0) is 0 Å². The Balaban J connectivity index is 2.70. The summed E-state index contributed by atoms with van der Waals surface area (Å²) in [5, 5.41) is 0.767. The molecule has 0 fully saturated rings. The zero-order valence-electron chi connectivity index (χ0n) is 6.37. The Kier molecular flexibility index (Phi) is 4.12. The maximum atomic E-state index is 5.73. The van der Waals surface area contributed by atoms with E-state index in [9.17, 15) is 0 Å². The average molecular weight is 244 g/mol. The second-order valence-electron chi connectivity index (χ2n) is 2.23.